The van der Waals surface area contributed by atoms with Crippen LogP contribution >= 0.6 is 9.47 Å². The average Bonchev–Trinajstić information content (AvgIpc) is 3.09. The van der Waals surface area contributed by atoms with Crippen molar-refractivity contribution in [1.29, 1.82) is 0 Å². The first-order chi connectivity index (χ1) is 11.1. The molecule has 3 rings (SSSR count). The topological polar surface area (TPSA) is 118 Å². The molecule has 126 valence electrons. The van der Waals surface area contributed by atoms with Crippen LogP contribution < -0.4 is 10.5 Å². The van der Waals surface area contributed by atoms with E-state index in [-0.39, 0.29) is 12.6 Å². The Morgan fingerprint density at radius 3 is 3.09 bits per heavy atom. The summed E-state index contributed by atoms with van der Waals surface area (Å²) >= 11 is 0. The number of nitrogens with two attached hydrogens (primary N) is 1. The molecule has 23 heavy (non-hydrogen) atoms. The van der Waals surface area contributed by atoms with Gasteiger partial charge in [-0.25, -0.2) is 4.98 Å². The van der Waals surface area contributed by atoms with Gasteiger partial charge in [0.15, 0.2) is 11.2 Å². The van der Waals surface area contributed by atoms with E-state index in [1.165, 1.54) is 0 Å². The number of anilines is 1. The quantitative estimate of drug-likeness (QED) is 0.736. The Labute approximate surface area is 135 Å². The lowest BCUT2D eigenvalue weighted by molar-refractivity contribution is -0.0353. The smallest absolute Gasteiger partial charge is 0.247 e. The van der Waals surface area contributed by atoms with E-state index < -0.39 is 18.4 Å². The largest absolute Gasteiger partial charge is 0.476 e. The molecule has 1 saturated heterocycles. The Kier molecular flexibility index (Phi) is 4.91. The van der Waals surface area contributed by atoms with Crippen LogP contribution in [-0.2, 0) is 9.26 Å². The molecule has 0 spiro atoms. The highest BCUT2D eigenvalue weighted by Gasteiger charge is 2.36. The zero-order valence-electron chi connectivity index (χ0n) is 12.8. The van der Waals surface area contributed by atoms with Crippen LogP contribution in [0.4, 0.5) is 5.95 Å². The average molecular weight is 341 g/mol. The molecular formula is C13H20N5O4P. The van der Waals surface area contributed by atoms with Gasteiger partial charge in [-0.3, -0.25) is 4.57 Å². The van der Waals surface area contributed by atoms with Crippen LogP contribution in [0.25, 0.3) is 11.2 Å². The van der Waals surface area contributed by atoms with E-state index in [4.69, 9.17) is 19.7 Å². The third kappa shape index (κ3) is 3.23. The number of hydrogen-bond donors (Lipinski definition) is 2. The summed E-state index contributed by atoms with van der Waals surface area (Å²) < 4.78 is 18.1. The lowest BCUT2D eigenvalue weighted by Gasteiger charge is -2.15. The predicted octanol–water partition coefficient (Wildman–Crippen LogP) is 0.652. The fourth-order valence-corrected chi connectivity index (χ4v) is 2.74. The van der Waals surface area contributed by atoms with Gasteiger partial charge in [0, 0.05) is 15.9 Å². The molecule has 10 heteroatoms. The molecule has 3 heterocycles. The standard InChI is InChI=1S/C13H20N5O4P/c1-2-3-20-12-10-11(16-13(14)17-12)18(6-15-10)9-4-7(19)8(22-9)5-21-23/h6-9,19H,2-5,23H2,1H3,(H2,14,16,17)/t7-,8-,9-/m1/s1. The van der Waals surface area contributed by atoms with Crippen LogP contribution in [-0.4, -0.2) is 50.0 Å². The van der Waals surface area contributed by atoms with Gasteiger partial charge in [-0.1, -0.05) is 6.92 Å². The normalized spacial score (nSPS) is 24.4. The number of aliphatic hydroxyl groups excluding tert-OH is 1. The monoisotopic (exact) mass is 341 g/mol. The van der Waals surface area contributed by atoms with Crippen LogP contribution in [0.15, 0.2) is 6.33 Å². The van der Waals surface area contributed by atoms with E-state index in [2.05, 4.69) is 24.4 Å². The number of aromatic nitrogens is 4. The minimum atomic E-state index is -0.618. The van der Waals surface area contributed by atoms with Gasteiger partial charge < -0.3 is 24.8 Å². The van der Waals surface area contributed by atoms with Crippen molar-refractivity contribution in [2.45, 2.75) is 38.2 Å². The van der Waals surface area contributed by atoms with E-state index in [0.717, 1.165) is 6.42 Å². The Hall–Kier alpha value is -1.54. The number of nitrogens with zero attached hydrogens (tertiary/aromatic N) is 4. The van der Waals surface area contributed by atoms with Gasteiger partial charge in [0.05, 0.1) is 25.6 Å². The first-order valence-corrected chi connectivity index (χ1v) is 7.89. The second-order valence-electron chi connectivity index (χ2n) is 5.33. The summed E-state index contributed by atoms with van der Waals surface area (Å²) in [5, 5.41) is 10.1. The zero-order chi connectivity index (χ0) is 16.4. The van der Waals surface area contributed by atoms with Crippen LogP contribution in [0.2, 0.25) is 0 Å². The Balaban J connectivity index is 1.92. The van der Waals surface area contributed by atoms with Crippen LogP contribution in [0.5, 0.6) is 5.88 Å². The molecule has 1 aliphatic rings. The van der Waals surface area contributed by atoms with Gasteiger partial charge in [-0.2, -0.15) is 9.97 Å². The van der Waals surface area contributed by atoms with Gasteiger partial charge in [0.2, 0.25) is 11.8 Å². The molecule has 9 nitrogen and oxygen atoms in total. The molecule has 0 aliphatic carbocycles. The summed E-state index contributed by atoms with van der Waals surface area (Å²) in [5.74, 6) is 0.463. The molecule has 0 saturated carbocycles. The van der Waals surface area contributed by atoms with E-state index in [9.17, 15) is 5.11 Å². The van der Waals surface area contributed by atoms with Crippen molar-refractivity contribution in [3.05, 3.63) is 6.33 Å². The number of fused-ring (bicyclic) bond motifs is 1. The maximum absolute atomic E-state index is 10.1. The van der Waals surface area contributed by atoms with Gasteiger partial charge in [-0.05, 0) is 6.42 Å². The first-order valence-electron chi connectivity index (χ1n) is 7.42. The molecule has 1 aliphatic heterocycles. The number of rotatable bonds is 6. The third-order valence-corrected chi connectivity index (χ3v) is 3.82. The lowest BCUT2D eigenvalue weighted by atomic mass is 10.2. The first kappa shape index (κ1) is 16.3. The van der Waals surface area contributed by atoms with Gasteiger partial charge in [-0.15, -0.1) is 0 Å². The molecule has 2 aromatic rings. The molecule has 2 aromatic heterocycles. The highest BCUT2D eigenvalue weighted by Crippen LogP contribution is 2.33. The highest BCUT2D eigenvalue weighted by molar-refractivity contribution is 7.09. The Morgan fingerprint density at radius 2 is 2.35 bits per heavy atom. The van der Waals surface area contributed by atoms with E-state index in [0.29, 0.717) is 30.1 Å². The summed E-state index contributed by atoms with van der Waals surface area (Å²) in [6, 6.07) is 0. The van der Waals surface area contributed by atoms with Crippen molar-refractivity contribution in [2.24, 2.45) is 0 Å². The molecule has 1 fully saturated rings. The zero-order valence-corrected chi connectivity index (χ0v) is 13.9. The number of ether oxygens (including phenoxy) is 2. The molecule has 0 bridgehead atoms. The van der Waals surface area contributed by atoms with Crippen molar-refractivity contribution in [2.75, 3.05) is 18.9 Å². The van der Waals surface area contributed by atoms with Crippen LogP contribution in [0.1, 0.15) is 26.0 Å². The van der Waals surface area contributed by atoms with Gasteiger partial charge in [0.25, 0.3) is 0 Å². The Morgan fingerprint density at radius 1 is 1.52 bits per heavy atom. The number of nitrogen functional groups attached to an aromatic ring is 1. The molecule has 3 N–H and O–H groups in total. The van der Waals surface area contributed by atoms with Crippen molar-refractivity contribution >= 4 is 26.6 Å². The van der Waals surface area contributed by atoms with Crippen molar-refractivity contribution < 1.29 is 19.1 Å². The summed E-state index contributed by atoms with van der Waals surface area (Å²) in [7, 11) is 2.15. The molecule has 0 amide bonds. The molecule has 4 atom stereocenters. The van der Waals surface area contributed by atoms with E-state index in [1.807, 2.05) is 6.92 Å². The van der Waals surface area contributed by atoms with Gasteiger partial charge in [0.1, 0.15) is 12.3 Å². The highest BCUT2D eigenvalue weighted by atomic mass is 31.0. The Bertz CT molecular complexity index is 682. The number of imidazole rings is 1. The second-order valence-corrected chi connectivity index (χ2v) is 5.66. The SMILES string of the molecule is CCCOc1nc(N)nc2c1ncn2[C@H]1C[C@@H](O)[C@@H](COP)O1. The number of hydrogen-bond acceptors (Lipinski definition) is 8. The minimum absolute atomic E-state index is 0.105. The fourth-order valence-electron chi connectivity index (χ4n) is 2.55. The minimum Gasteiger partial charge on any atom is -0.476 e. The van der Waals surface area contributed by atoms with Crippen molar-refractivity contribution in [3.63, 3.8) is 0 Å². The second kappa shape index (κ2) is 6.92. The molecule has 1 unspecified atom stereocenters. The van der Waals surface area contributed by atoms with E-state index >= 15 is 0 Å². The molecule has 0 radical (unpaired) electrons. The summed E-state index contributed by atoms with van der Waals surface area (Å²) in [4.78, 5) is 12.6. The van der Waals surface area contributed by atoms with Crippen molar-refractivity contribution in [1.82, 2.24) is 19.5 Å². The fraction of sp³-hybridized carbons (Fsp3) is 0.615. The van der Waals surface area contributed by atoms with Crippen LogP contribution in [0, 0.1) is 0 Å². The summed E-state index contributed by atoms with van der Waals surface area (Å²) in [5.41, 5.74) is 6.82. The molecule has 0 aromatic carbocycles. The predicted molar refractivity (Wildman–Crippen MR) is 85.7 cm³/mol. The van der Waals surface area contributed by atoms with Gasteiger partial charge >= 0.3 is 0 Å². The lowest BCUT2D eigenvalue weighted by Crippen LogP contribution is -2.24. The van der Waals surface area contributed by atoms with Crippen molar-refractivity contribution in [3.8, 4) is 5.88 Å². The van der Waals surface area contributed by atoms with Crippen LogP contribution in [0.3, 0.4) is 0 Å². The maximum atomic E-state index is 10.1. The third-order valence-electron chi connectivity index (χ3n) is 3.62. The summed E-state index contributed by atoms with van der Waals surface area (Å²) in [6.07, 6.45) is 1.45. The van der Waals surface area contributed by atoms with E-state index in [1.54, 1.807) is 10.9 Å². The maximum Gasteiger partial charge on any atom is 0.247 e. The summed E-state index contributed by atoms with van der Waals surface area (Å²) in [6.45, 7) is 2.81. The molecular weight excluding hydrogens is 321 g/mol. The number of aliphatic hydroxyl groups is 1.